The fourth-order valence-electron chi connectivity index (χ4n) is 2.16. The highest BCUT2D eigenvalue weighted by Gasteiger charge is 2.15. The molecule has 5 heteroatoms. The van der Waals surface area contributed by atoms with E-state index >= 15 is 0 Å². The van der Waals surface area contributed by atoms with Gasteiger partial charge < -0.3 is 14.8 Å². The summed E-state index contributed by atoms with van der Waals surface area (Å²) in [7, 11) is 3.20. The first-order valence-electron chi connectivity index (χ1n) is 7.06. The van der Waals surface area contributed by atoms with Crippen molar-refractivity contribution in [2.75, 3.05) is 19.5 Å². The molecule has 2 rings (SSSR count). The Bertz CT molecular complexity index is 629. The fraction of sp³-hybridized carbons (Fsp3) is 0.294. The van der Waals surface area contributed by atoms with Crippen LogP contribution in [0.4, 0.5) is 5.69 Å². The first-order chi connectivity index (χ1) is 10.6. The summed E-state index contributed by atoms with van der Waals surface area (Å²) in [4.78, 5) is 16.2. The second-order valence-corrected chi connectivity index (χ2v) is 5.03. The highest BCUT2D eigenvalue weighted by atomic mass is 16.5. The fourth-order valence-corrected chi connectivity index (χ4v) is 2.16. The average Bonchev–Trinajstić information content (AvgIpc) is 2.55. The van der Waals surface area contributed by atoms with E-state index in [0.717, 1.165) is 5.56 Å². The summed E-state index contributed by atoms with van der Waals surface area (Å²) in [5, 5.41) is 2.86. The third kappa shape index (κ3) is 3.97. The van der Waals surface area contributed by atoms with Gasteiger partial charge in [-0.05, 0) is 36.2 Å². The number of nitrogens with one attached hydrogen (secondary N) is 1. The Kier molecular flexibility index (Phi) is 5.36. The van der Waals surface area contributed by atoms with Crippen LogP contribution in [0.2, 0.25) is 0 Å². The monoisotopic (exact) mass is 300 g/mol. The Morgan fingerprint density at radius 1 is 1.23 bits per heavy atom. The molecule has 1 unspecified atom stereocenters. The molecule has 0 radical (unpaired) electrons. The summed E-state index contributed by atoms with van der Waals surface area (Å²) < 4.78 is 10.5. The van der Waals surface area contributed by atoms with Crippen LogP contribution in [-0.4, -0.2) is 25.1 Å². The van der Waals surface area contributed by atoms with E-state index in [1.165, 1.54) is 0 Å². The normalized spacial score (nSPS) is 11.6. The number of benzene rings is 1. The molecule has 0 saturated carbocycles. The smallest absolute Gasteiger partial charge is 0.227 e. The average molecular weight is 300 g/mol. The minimum absolute atomic E-state index is 0.0391. The number of carbonyl (C=O) groups excluding carboxylic acids is 1. The highest BCUT2D eigenvalue weighted by Crippen LogP contribution is 2.28. The van der Waals surface area contributed by atoms with Crippen molar-refractivity contribution >= 4 is 11.6 Å². The molecule has 0 aliphatic carbocycles. The van der Waals surface area contributed by atoms with E-state index in [0.29, 0.717) is 23.6 Å². The lowest BCUT2D eigenvalue weighted by molar-refractivity contribution is -0.119. The Labute approximate surface area is 130 Å². The molecule has 1 aromatic carbocycles. The molecule has 22 heavy (non-hydrogen) atoms. The van der Waals surface area contributed by atoms with Crippen molar-refractivity contribution in [2.24, 2.45) is 5.92 Å². The van der Waals surface area contributed by atoms with Crippen molar-refractivity contribution in [3.63, 3.8) is 0 Å². The first kappa shape index (κ1) is 15.8. The largest absolute Gasteiger partial charge is 0.493 e. The van der Waals surface area contributed by atoms with Crippen LogP contribution < -0.4 is 14.8 Å². The third-order valence-electron chi connectivity index (χ3n) is 3.37. The second kappa shape index (κ2) is 7.45. The van der Waals surface area contributed by atoms with Crippen LogP contribution >= 0.6 is 0 Å². The number of nitrogens with zero attached hydrogens (tertiary/aromatic N) is 1. The van der Waals surface area contributed by atoms with Crippen molar-refractivity contribution < 1.29 is 14.3 Å². The van der Waals surface area contributed by atoms with Crippen LogP contribution in [0.1, 0.15) is 12.5 Å². The molecule has 1 heterocycles. The Hall–Kier alpha value is -2.56. The van der Waals surface area contributed by atoms with Crippen molar-refractivity contribution in [3.8, 4) is 11.5 Å². The summed E-state index contributed by atoms with van der Waals surface area (Å²) in [6.07, 6.45) is 3.91. The van der Waals surface area contributed by atoms with E-state index in [1.807, 2.05) is 31.2 Å². The molecule has 116 valence electrons. The van der Waals surface area contributed by atoms with Gasteiger partial charge in [0.25, 0.3) is 0 Å². The van der Waals surface area contributed by atoms with Gasteiger partial charge in [-0.3, -0.25) is 9.78 Å². The maximum absolute atomic E-state index is 12.2. The van der Waals surface area contributed by atoms with Gasteiger partial charge in [0.2, 0.25) is 5.91 Å². The van der Waals surface area contributed by atoms with Crippen LogP contribution in [0.15, 0.2) is 42.7 Å². The molecule has 1 N–H and O–H groups in total. The van der Waals surface area contributed by atoms with E-state index in [4.69, 9.17) is 9.47 Å². The lowest BCUT2D eigenvalue weighted by Gasteiger charge is -2.14. The summed E-state index contributed by atoms with van der Waals surface area (Å²) in [5.41, 5.74) is 1.72. The molecule has 0 fully saturated rings. The quantitative estimate of drug-likeness (QED) is 0.891. The summed E-state index contributed by atoms with van der Waals surface area (Å²) in [6.45, 7) is 1.89. The van der Waals surface area contributed by atoms with E-state index < -0.39 is 0 Å². The van der Waals surface area contributed by atoms with E-state index in [-0.39, 0.29) is 11.8 Å². The minimum Gasteiger partial charge on any atom is -0.493 e. The molecule has 0 aliphatic rings. The predicted octanol–water partition coefficient (Wildman–Crippen LogP) is 2.92. The summed E-state index contributed by atoms with van der Waals surface area (Å²) >= 11 is 0. The topological polar surface area (TPSA) is 60.5 Å². The lowest BCUT2D eigenvalue weighted by Crippen LogP contribution is -2.22. The van der Waals surface area contributed by atoms with Gasteiger partial charge >= 0.3 is 0 Å². The van der Waals surface area contributed by atoms with Gasteiger partial charge in [0.05, 0.1) is 26.1 Å². The Morgan fingerprint density at radius 3 is 2.64 bits per heavy atom. The Morgan fingerprint density at radius 2 is 2.00 bits per heavy atom. The second-order valence-electron chi connectivity index (χ2n) is 5.03. The van der Waals surface area contributed by atoms with E-state index in [9.17, 15) is 4.79 Å². The van der Waals surface area contributed by atoms with Crippen molar-refractivity contribution in [3.05, 3.63) is 48.3 Å². The molecule has 0 aliphatic heterocycles. The van der Waals surface area contributed by atoms with Crippen LogP contribution in [0.3, 0.4) is 0 Å². The summed E-state index contributed by atoms with van der Waals surface area (Å²) in [6, 6.07) is 9.28. The number of carbonyl (C=O) groups is 1. The number of hydrogen-bond acceptors (Lipinski definition) is 4. The van der Waals surface area contributed by atoms with Gasteiger partial charge in [0.15, 0.2) is 11.5 Å². The third-order valence-corrected chi connectivity index (χ3v) is 3.37. The molecule has 5 nitrogen and oxygen atoms in total. The zero-order valence-electron chi connectivity index (χ0n) is 13.0. The van der Waals surface area contributed by atoms with Gasteiger partial charge in [-0.1, -0.05) is 13.0 Å². The van der Waals surface area contributed by atoms with Crippen LogP contribution in [-0.2, 0) is 11.2 Å². The van der Waals surface area contributed by atoms with Crippen molar-refractivity contribution in [1.82, 2.24) is 4.98 Å². The molecule has 0 bridgehead atoms. The zero-order valence-corrected chi connectivity index (χ0v) is 13.0. The number of aromatic nitrogens is 1. The highest BCUT2D eigenvalue weighted by molar-refractivity contribution is 5.92. The van der Waals surface area contributed by atoms with Crippen LogP contribution in [0.5, 0.6) is 11.5 Å². The number of rotatable bonds is 6. The van der Waals surface area contributed by atoms with Gasteiger partial charge in [-0.25, -0.2) is 0 Å². The van der Waals surface area contributed by atoms with Crippen molar-refractivity contribution in [1.29, 1.82) is 0 Å². The van der Waals surface area contributed by atoms with E-state index in [1.54, 1.807) is 32.7 Å². The number of ether oxygens (including phenoxy) is 2. The SMILES string of the molecule is COc1ccc(CC(C)C(=O)Nc2cccnc2)cc1OC. The molecule has 0 saturated heterocycles. The standard InChI is InChI=1S/C17H20N2O3/c1-12(17(20)19-14-5-4-8-18-11-14)9-13-6-7-15(21-2)16(10-13)22-3/h4-8,10-12H,9H2,1-3H3,(H,19,20). The molecule has 0 spiro atoms. The molecule has 1 amide bonds. The van der Waals surface area contributed by atoms with Gasteiger partial charge in [-0.2, -0.15) is 0 Å². The number of pyridine rings is 1. The number of anilines is 1. The van der Waals surface area contributed by atoms with Crippen LogP contribution in [0, 0.1) is 5.92 Å². The van der Waals surface area contributed by atoms with Crippen molar-refractivity contribution in [2.45, 2.75) is 13.3 Å². The first-order valence-corrected chi connectivity index (χ1v) is 7.06. The molecule has 1 atom stereocenters. The van der Waals surface area contributed by atoms with Gasteiger partial charge in [0, 0.05) is 12.1 Å². The maximum Gasteiger partial charge on any atom is 0.227 e. The molecule has 2 aromatic rings. The van der Waals surface area contributed by atoms with E-state index in [2.05, 4.69) is 10.3 Å². The minimum atomic E-state index is -0.168. The molecule has 1 aromatic heterocycles. The number of amides is 1. The van der Waals surface area contributed by atoms with Crippen LogP contribution in [0.25, 0.3) is 0 Å². The zero-order chi connectivity index (χ0) is 15.9. The molecular formula is C17H20N2O3. The molecular weight excluding hydrogens is 280 g/mol. The van der Waals surface area contributed by atoms with Gasteiger partial charge in [-0.15, -0.1) is 0 Å². The van der Waals surface area contributed by atoms with Gasteiger partial charge in [0.1, 0.15) is 0 Å². The number of hydrogen-bond donors (Lipinski definition) is 1. The maximum atomic E-state index is 12.2. The number of methoxy groups -OCH3 is 2. The summed E-state index contributed by atoms with van der Waals surface area (Å²) in [5.74, 6) is 1.14. The lowest BCUT2D eigenvalue weighted by atomic mass is 10.00. The predicted molar refractivity (Wildman–Crippen MR) is 85.3 cm³/mol. The Balaban J connectivity index is 2.02.